The predicted molar refractivity (Wildman–Crippen MR) is 127 cm³/mol. The summed E-state index contributed by atoms with van der Waals surface area (Å²) in [6.07, 6.45) is 1.51. The number of rotatable bonds is 5. The van der Waals surface area contributed by atoms with E-state index in [2.05, 4.69) is 35.5 Å². The summed E-state index contributed by atoms with van der Waals surface area (Å²) in [5.41, 5.74) is 3.26. The van der Waals surface area contributed by atoms with Crippen LogP contribution in [0, 0.1) is 11.3 Å². The quantitative estimate of drug-likeness (QED) is 0.422. The number of nitrogens with zero attached hydrogens (tertiary/aromatic N) is 4. The first-order valence-electron chi connectivity index (χ1n) is 11.5. The van der Waals surface area contributed by atoms with E-state index < -0.39 is 0 Å². The minimum atomic E-state index is -0.103. The molecule has 1 aliphatic rings. The molecule has 1 aliphatic heterocycles. The third-order valence-electron chi connectivity index (χ3n) is 6.35. The molecule has 6 nitrogen and oxygen atoms in total. The van der Waals surface area contributed by atoms with Gasteiger partial charge in [0.2, 0.25) is 5.89 Å². The number of aromatic nitrogens is 2. The van der Waals surface area contributed by atoms with Crippen LogP contribution in [-0.4, -0.2) is 34.0 Å². The average Bonchev–Trinajstić information content (AvgIpc) is 3.39. The monoisotopic (exact) mass is 448 g/mol. The fraction of sp³-hybridized carbons (Fsp3) is 0.214. The Kier molecular flexibility index (Phi) is 6.17. The van der Waals surface area contributed by atoms with Crippen LogP contribution in [0.15, 0.2) is 89.5 Å². The molecule has 5 rings (SSSR count). The number of hydrogen-bond donors (Lipinski definition) is 0. The molecule has 0 saturated carbocycles. The van der Waals surface area contributed by atoms with E-state index in [9.17, 15) is 4.79 Å². The molecule has 0 unspecified atom stereocenters. The molecule has 0 spiro atoms. The zero-order valence-electron chi connectivity index (χ0n) is 18.7. The summed E-state index contributed by atoms with van der Waals surface area (Å²) in [5, 5.41) is 13.5. The molecule has 0 atom stereocenters. The molecular formula is C28H24N4O2. The second-order valence-corrected chi connectivity index (χ2v) is 8.50. The number of benzene rings is 3. The van der Waals surface area contributed by atoms with Crippen molar-refractivity contribution in [1.29, 1.82) is 5.26 Å². The van der Waals surface area contributed by atoms with Crippen molar-refractivity contribution in [2.45, 2.75) is 24.7 Å². The molecule has 0 N–H and O–H groups in total. The minimum Gasteiger partial charge on any atom is -0.339 e. The maximum absolute atomic E-state index is 12.9. The van der Waals surface area contributed by atoms with Gasteiger partial charge in [-0.05, 0) is 42.2 Å². The number of hydrogen-bond acceptors (Lipinski definition) is 5. The molecule has 0 aliphatic carbocycles. The van der Waals surface area contributed by atoms with Gasteiger partial charge >= 0.3 is 0 Å². The molecule has 168 valence electrons. The van der Waals surface area contributed by atoms with E-state index in [1.54, 1.807) is 24.3 Å². The third-order valence-corrected chi connectivity index (χ3v) is 6.35. The summed E-state index contributed by atoms with van der Waals surface area (Å²) in [5.74, 6) is 1.25. The molecule has 1 amide bonds. The lowest BCUT2D eigenvalue weighted by Gasteiger charge is -2.30. The van der Waals surface area contributed by atoms with Crippen molar-refractivity contribution in [3.63, 3.8) is 0 Å². The SMILES string of the molecule is N#Cc1cccc(C(=O)N2CCC(c3nc(C(c4ccccc4)c4ccccc4)no3)CC2)c1. The summed E-state index contributed by atoms with van der Waals surface area (Å²) >= 11 is 0. The third kappa shape index (κ3) is 4.46. The van der Waals surface area contributed by atoms with Crippen molar-refractivity contribution < 1.29 is 9.32 Å². The Hall–Kier alpha value is -4.24. The van der Waals surface area contributed by atoms with E-state index in [1.165, 1.54) is 0 Å². The van der Waals surface area contributed by atoms with Crippen molar-refractivity contribution in [3.8, 4) is 6.07 Å². The number of carbonyl (C=O) groups is 1. The van der Waals surface area contributed by atoms with Crippen LogP contribution in [0.5, 0.6) is 0 Å². The zero-order chi connectivity index (χ0) is 23.3. The van der Waals surface area contributed by atoms with Gasteiger partial charge in [-0.1, -0.05) is 71.9 Å². The van der Waals surface area contributed by atoms with Gasteiger partial charge in [-0.15, -0.1) is 0 Å². The first-order chi connectivity index (χ1) is 16.7. The Morgan fingerprint density at radius 2 is 1.59 bits per heavy atom. The predicted octanol–water partition coefficient (Wildman–Crippen LogP) is 5.14. The molecule has 6 heteroatoms. The lowest BCUT2D eigenvalue weighted by Crippen LogP contribution is -2.38. The van der Waals surface area contributed by atoms with E-state index in [0.717, 1.165) is 24.0 Å². The highest BCUT2D eigenvalue weighted by molar-refractivity contribution is 5.94. The Balaban J connectivity index is 1.31. The normalized spacial score (nSPS) is 14.2. The van der Waals surface area contributed by atoms with Crippen molar-refractivity contribution in [3.05, 3.63) is 119 Å². The number of carbonyl (C=O) groups excluding carboxylic acids is 1. The number of nitriles is 1. The second-order valence-electron chi connectivity index (χ2n) is 8.50. The molecule has 1 aromatic heterocycles. The Bertz CT molecular complexity index is 1260. The van der Waals surface area contributed by atoms with Crippen molar-refractivity contribution in [2.75, 3.05) is 13.1 Å². The van der Waals surface area contributed by atoms with Gasteiger partial charge in [-0.2, -0.15) is 10.2 Å². The summed E-state index contributed by atoms with van der Waals surface area (Å²) in [4.78, 5) is 19.5. The van der Waals surface area contributed by atoms with E-state index in [1.807, 2.05) is 41.3 Å². The molecule has 0 radical (unpaired) electrons. The van der Waals surface area contributed by atoms with Crippen LogP contribution >= 0.6 is 0 Å². The fourth-order valence-electron chi connectivity index (χ4n) is 4.55. The van der Waals surface area contributed by atoms with Crippen LogP contribution in [0.2, 0.25) is 0 Å². The number of amides is 1. The van der Waals surface area contributed by atoms with Gasteiger partial charge in [0.1, 0.15) is 0 Å². The van der Waals surface area contributed by atoms with Gasteiger partial charge in [-0.25, -0.2) is 0 Å². The maximum atomic E-state index is 12.9. The first kappa shape index (κ1) is 21.6. The van der Waals surface area contributed by atoms with Gasteiger partial charge in [-0.3, -0.25) is 4.79 Å². The average molecular weight is 449 g/mol. The van der Waals surface area contributed by atoms with Gasteiger partial charge in [0.05, 0.1) is 17.6 Å². The summed E-state index contributed by atoms with van der Waals surface area (Å²) in [7, 11) is 0. The summed E-state index contributed by atoms with van der Waals surface area (Å²) in [6.45, 7) is 1.22. The second kappa shape index (κ2) is 9.72. The molecule has 4 aromatic rings. The van der Waals surface area contributed by atoms with Crippen molar-refractivity contribution >= 4 is 5.91 Å². The van der Waals surface area contributed by atoms with Crippen molar-refractivity contribution in [2.24, 2.45) is 0 Å². The highest BCUT2D eigenvalue weighted by Crippen LogP contribution is 2.33. The Labute approximate surface area is 198 Å². The van der Waals surface area contributed by atoms with E-state index in [-0.39, 0.29) is 17.7 Å². The molecule has 1 fully saturated rings. The Morgan fingerprint density at radius 1 is 0.941 bits per heavy atom. The van der Waals surface area contributed by atoms with Crippen LogP contribution in [0.25, 0.3) is 0 Å². The molecule has 34 heavy (non-hydrogen) atoms. The van der Waals surface area contributed by atoms with Crippen LogP contribution in [0.3, 0.4) is 0 Å². The number of likely N-dealkylation sites (tertiary alicyclic amines) is 1. The topological polar surface area (TPSA) is 83.0 Å². The molecule has 0 bridgehead atoms. The van der Waals surface area contributed by atoms with Crippen LogP contribution < -0.4 is 0 Å². The largest absolute Gasteiger partial charge is 0.339 e. The van der Waals surface area contributed by atoms with E-state index in [4.69, 9.17) is 14.8 Å². The molecular weight excluding hydrogens is 424 g/mol. The minimum absolute atomic E-state index is 0.0463. The zero-order valence-corrected chi connectivity index (χ0v) is 18.7. The van der Waals surface area contributed by atoms with Crippen LogP contribution in [-0.2, 0) is 0 Å². The summed E-state index contributed by atoms with van der Waals surface area (Å²) < 4.78 is 5.74. The van der Waals surface area contributed by atoms with E-state index >= 15 is 0 Å². The molecule has 2 heterocycles. The maximum Gasteiger partial charge on any atom is 0.253 e. The highest BCUT2D eigenvalue weighted by atomic mass is 16.5. The van der Waals surface area contributed by atoms with Crippen LogP contribution in [0.1, 0.15) is 63.4 Å². The van der Waals surface area contributed by atoms with Crippen molar-refractivity contribution in [1.82, 2.24) is 15.0 Å². The molecule has 3 aromatic carbocycles. The highest BCUT2D eigenvalue weighted by Gasteiger charge is 2.30. The fourth-order valence-corrected chi connectivity index (χ4v) is 4.55. The van der Waals surface area contributed by atoms with Gasteiger partial charge in [0.15, 0.2) is 5.82 Å². The lowest BCUT2D eigenvalue weighted by atomic mass is 9.90. The van der Waals surface area contributed by atoms with E-state index in [0.29, 0.717) is 35.9 Å². The van der Waals surface area contributed by atoms with Gasteiger partial charge < -0.3 is 9.42 Å². The smallest absolute Gasteiger partial charge is 0.253 e. The number of piperidine rings is 1. The first-order valence-corrected chi connectivity index (χ1v) is 11.5. The van der Waals surface area contributed by atoms with Gasteiger partial charge in [0, 0.05) is 24.6 Å². The standard InChI is InChI=1S/C28H24N4O2/c29-19-20-8-7-13-24(18-20)28(33)32-16-14-23(15-17-32)27-30-26(31-34-27)25(21-9-3-1-4-10-21)22-11-5-2-6-12-22/h1-13,18,23,25H,14-17H2. The Morgan fingerprint density at radius 3 is 2.21 bits per heavy atom. The lowest BCUT2D eigenvalue weighted by molar-refractivity contribution is 0.0704. The summed E-state index contributed by atoms with van der Waals surface area (Å²) in [6, 6.07) is 29.3. The molecule has 1 saturated heterocycles. The van der Waals surface area contributed by atoms with Gasteiger partial charge in [0.25, 0.3) is 5.91 Å². The van der Waals surface area contributed by atoms with Crippen LogP contribution in [0.4, 0.5) is 0 Å².